The second kappa shape index (κ2) is 4.24. The Hall–Kier alpha value is -2.62. The zero-order valence-corrected chi connectivity index (χ0v) is 9.85. The SMILES string of the molecule is O=C(O)c1ccc(-c2cc3cccc(F)c3[nH]2)cc1. The fraction of sp³-hybridized carbons (Fsp3) is 0. The average Bonchev–Trinajstić information content (AvgIpc) is 2.84. The van der Waals surface area contributed by atoms with Crippen LogP contribution in [0.3, 0.4) is 0 Å². The monoisotopic (exact) mass is 255 g/mol. The van der Waals surface area contributed by atoms with Gasteiger partial charge in [0, 0.05) is 11.1 Å². The van der Waals surface area contributed by atoms with Crippen molar-refractivity contribution in [3.8, 4) is 11.3 Å². The minimum Gasteiger partial charge on any atom is -0.478 e. The summed E-state index contributed by atoms with van der Waals surface area (Å²) >= 11 is 0. The van der Waals surface area contributed by atoms with Gasteiger partial charge < -0.3 is 10.1 Å². The van der Waals surface area contributed by atoms with Crippen molar-refractivity contribution >= 4 is 16.9 Å². The standard InChI is InChI=1S/C15H10FNO2/c16-12-3-1-2-11-8-13(17-14(11)12)9-4-6-10(7-5-9)15(18)19/h1-8,17H,(H,18,19). The zero-order valence-electron chi connectivity index (χ0n) is 9.85. The van der Waals surface area contributed by atoms with E-state index in [1.807, 2.05) is 12.1 Å². The molecular formula is C15H10FNO2. The van der Waals surface area contributed by atoms with E-state index in [4.69, 9.17) is 5.11 Å². The van der Waals surface area contributed by atoms with E-state index in [0.29, 0.717) is 5.52 Å². The van der Waals surface area contributed by atoms with E-state index >= 15 is 0 Å². The molecule has 2 aromatic carbocycles. The number of fused-ring (bicyclic) bond motifs is 1. The third-order valence-electron chi connectivity index (χ3n) is 3.05. The fourth-order valence-electron chi connectivity index (χ4n) is 2.07. The molecule has 1 heterocycles. The summed E-state index contributed by atoms with van der Waals surface area (Å²) in [6.45, 7) is 0. The molecular weight excluding hydrogens is 245 g/mol. The van der Waals surface area contributed by atoms with Gasteiger partial charge in [0.15, 0.2) is 0 Å². The highest BCUT2D eigenvalue weighted by Crippen LogP contribution is 2.25. The first-order valence-electron chi connectivity index (χ1n) is 5.76. The van der Waals surface area contributed by atoms with E-state index in [1.165, 1.54) is 18.2 Å². The van der Waals surface area contributed by atoms with Crippen LogP contribution in [-0.4, -0.2) is 16.1 Å². The van der Waals surface area contributed by atoms with Gasteiger partial charge in [-0.15, -0.1) is 0 Å². The fourth-order valence-corrected chi connectivity index (χ4v) is 2.07. The molecule has 0 radical (unpaired) electrons. The Morgan fingerprint density at radius 1 is 1.11 bits per heavy atom. The number of carbonyl (C=O) groups is 1. The van der Waals surface area contributed by atoms with Gasteiger partial charge in [-0.05, 0) is 29.8 Å². The van der Waals surface area contributed by atoms with Crippen LogP contribution in [0.15, 0.2) is 48.5 Å². The Balaban J connectivity index is 2.09. The van der Waals surface area contributed by atoms with Crippen LogP contribution in [0.4, 0.5) is 4.39 Å². The Kier molecular flexibility index (Phi) is 2.56. The van der Waals surface area contributed by atoms with Gasteiger partial charge in [-0.25, -0.2) is 9.18 Å². The van der Waals surface area contributed by atoms with E-state index in [2.05, 4.69) is 4.98 Å². The van der Waals surface area contributed by atoms with Crippen molar-refractivity contribution < 1.29 is 14.3 Å². The minimum absolute atomic E-state index is 0.228. The number of halogens is 1. The molecule has 19 heavy (non-hydrogen) atoms. The van der Waals surface area contributed by atoms with Gasteiger partial charge in [-0.3, -0.25) is 0 Å². The molecule has 0 spiro atoms. The average molecular weight is 255 g/mol. The molecule has 3 rings (SSSR count). The van der Waals surface area contributed by atoms with Crippen molar-refractivity contribution in [2.75, 3.05) is 0 Å². The topological polar surface area (TPSA) is 53.1 Å². The number of nitrogens with one attached hydrogen (secondary N) is 1. The molecule has 0 saturated heterocycles. The van der Waals surface area contributed by atoms with Crippen LogP contribution < -0.4 is 0 Å². The van der Waals surface area contributed by atoms with Gasteiger partial charge in [0.05, 0.1) is 11.1 Å². The first-order valence-corrected chi connectivity index (χ1v) is 5.76. The molecule has 94 valence electrons. The molecule has 0 amide bonds. The quantitative estimate of drug-likeness (QED) is 0.734. The Labute approximate surface area is 108 Å². The molecule has 0 aliphatic carbocycles. The van der Waals surface area contributed by atoms with Crippen molar-refractivity contribution in [2.45, 2.75) is 0 Å². The lowest BCUT2D eigenvalue weighted by Crippen LogP contribution is -1.94. The molecule has 3 nitrogen and oxygen atoms in total. The van der Waals surface area contributed by atoms with Crippen LogP contribution in [0.25, 0.3) is 22.2 Å². The largest absolute Gasteiger partial charge is 0.478 e. The smallest absolute Gasteiger partial charge is 0.335 e. The molecule has 0 fully saturated rings. The lowest BCUT2D eigenvalue weighted by Gasteiger charge is -1.98. The molecule has 0 aliphatic rings. The predicted molar refractivity (Wildman–Crippen MR) is 70.7 cm³/mol. The molecule has 0 atom stereocenters. The number of carboxylic acids is 1. The van der Waals surface area contributed by atoms with Crippen LogP contribution in [0.2, 0.25) is 0 Å². The molecule has 3 aromatic rings. The Bertz CT molecular complexity index is 759. The molecule has 2 N–H and O–H groups in total. The number of aromatic amines is 1. The van der Waals surface area contributed by atoms with Gasteiger partial charge in [0.25, 0.3) is 0 Å². The van der Waals surface area contributed by atoms with Crippen LogP contribution in [0.1, 0.15) is 10.4 Å². The number of hydrogen-bond donors (Lipinski definition) is 2. The number of para-hydroxylation sites is 1. The summed E-state index contributed by atoms with van der Waals surface area (Å²) in [6, 6.07) is 13.2. The van der Waals surface area contributed by atoms with Crippen LogP contribution >= 0.6 is 0 Å². The van der Waals surface area contributed by atoms with Gasteiger partial charge in [0.1, 0.15) is 5.82 Å². The third-order valence-corrected chi connectivity index (χ3v) is 3.05. The second-order valence-electron chi connectivity index (χ2n) is 4.27. The number of carboxylic acid groups (broad SMARTS) is 1. The second-order valence-corrected chi connectivity index (χ2v) is 4.27. The van der Waals surface area contributed by atoms with E-state index in [1.54, 1.807) is 18.2 Å². The number of hydrogen-bond acceptors (Lipinski definition) is 1. The van der Waals surface area contributed by atoms with E-state index < -0.39 is 5.97 Å². The maximum Gasteiger partial charge on any atom is 0.335 e. The number of benzene rings is 2. The van der Waals surface area contributed by atoms with E-state index in [-0.39, 0.29) is 11.4 Å². The minimum atomic E-state index is -0.964. The van der Waals surface area contributed by atoms with Crippen molar-refractivity contribution in [1.82, 2.24) is 4.98 Å². The summed E-state index contributed by atoms with van der Waals surface area (Å²) in [4.78, 5) is 13.8. The number of rotatable bonds is 2. The molecule has 0 bridgehead atoms. The highest BCUT2D eigenvalue weighted by molar-refractivity contribution is 5.89. The van der Waals surface area contributed by atoms with Crippen LogP contribution in [0.5, 0.6) is 0 Å². The molecule has 1 aromatic heterocycles. The van der Waals surface area contributed by atoms with Crippen molar-refractivity contribution in [1.29, 1.82) is 0 Å². The van der Waals surface area contributed by atoms with Crippen molar-refractivity contribution in [2.24, 2.45) is 0 Å². The molecule has 0 saturated carbocycles. The van der Waals surface area contributed by atoms with Crippen molar-refractivity contribution in [3.63, 3.8) is 0 Å². The number of H-pyrrole nitrogens is 1. The first-order chi connectivity index (χ1) is 9.15. The van der Waals surface area contributed by atoms with Crippen molar-refractivity contribution in [3.05, 3.63) is 59.9 Å². The van der Waals surface area contributed by atoms with Gasteiger partial charge in [0.2, 0.25) is 0 Å². The normalized spacial score (nSPS) is 10.8. The number of aromatic carboxylic acids is 1. The summed E-state index contributed by atoms with van der Waals surface area (Å²) < 4.78 is 13.6. The lowest BCUT2D eigenvalue weighted by atomic mass is 10.1. The summed E-state index contributed by atoms with van der Waals surface area (Å²) in [5.74, 6) is -1.26. The maximum atomic E-state index is 13.6. The predicted octanol–water partition coefficient (Wildman–Crippen LogP) is 3.67. The van der Waals surface area contributed by atoms with Crippen LogP contribution in [0, 0.1) is 5.82 Å². The van der Waals surface area contributed by atoms with Gasteiger partial charge in [-0.2, -0.15) is 0 Å². The summed E-state index contributed by atoms with van der Waals surface area (Å²) in [6.07, 6.45) is 0. The first kappa shape index (κ1) is 11.5. The van der Waals surface area contributed by atoms with Gasteiger partial charge in [-0.1, -0.05) is 24.3 Å². The zero-order chi connectivity index (χ0) is 13.4. The molecule has 0 aliphatic heterocycles. The summed E-state index contributed by atoms with van der Waals surface area (Å²) in [5.41, 5.74) is 2.27. The Morgan fingerprint density at radius 2 is 1.84 bits per heavy atom. The van der Waals surface area contributed by atoms with E-state index in [0.717, 1.165) is 16.6 Å². The number of aromatic nitrogens is 1. The molecule has 4 heteroatoms. The summed E-state index contributed by atoms with van der Waals surface area (Å²) in [5, 5.41) is 9.63. The van der Waals surface area contributed by atoms with E-state index in [9.17, 15) is 9.18 Å². The highest BCUT2D eigenvalue weighted by atomic mass is 19.1. The Morgan fingerprint density at radius 3 is 2.47 bits per heavy atom. The van der Waals surface area contributed by atoms with Crippen LogP contribution in [-0.2, 0) is 0 Å². The molecule has 0 unspecified atom stereocenters. The summed E-state index contributed by atoms with van der Waals surface area (Å²) in [7, 11) is 0. The maximum absolute atomic E-state index is 13.6. The third kappa shape index (κ3) is 1.97. The van der Waals surface area contributed by atoms with Gasteiger partial charge >= 0.3 is 5.97 Å². The lowest BCUT2D eigenvalue weighted by molar-refractivity contribution is 0.0697. The highest BCUT2D eigenvalue weighted by Gasteiger charge is 2.08.